The summed E-state index contributed by atoms with van der Waals surface area (Å²) in [6.07, 6.45) is 0.735. The predicted molar refractivity (Wildman–Crippen MR) is 82.4 cm³/mol. The Morgan fingerprint density at radius 2 is 1.90 bits per heavy atom. The smallest absolute Gasteiger partial charge is 0.161 e. The highest BCUT2D eigenvalue weighted by molar-refractivity contribution is 14.1. The molecule has 0 saturated carbocycles. The standard InChI is InChI=1S/C12H10INO4.CH4O/c13-16-8-7-10-5-6-12(17-10)9-1-3-11(4-2-9)18-14-15;1-2/h1-6H,7-8H2;2H,1H3. The Morgan fingerprint density at radius 3 is 2.50 bits per heavy atom. The molecule has 0 aliphatic rings. The molecular formula is C13H14INO5. The zero-order valence-corrected chi connectivity index (χ0v) is 12.9. The van der Waals surface area contributed by atoms with Gasteiger partial charge in [-0.1, -0.05) is 0 Å². The van der Waals surface area contributed by atoms with Crippen molar-refractivity contribution < 1.29 is 17.4 Å². The molecule has 2 rings (SSSR count). The van der Waals surface area contributed by atoms with Crippen molar-refractivity contribution in [2.45, 2.75) is 6.42 Å². The largest absolute Gasteiger partial charge is 0.461 e. The van der Waals surface area contributed by atoms with Crippen LogP contribution in [0.4, 0.5) is 0 Å². The van der Waals surface area contributed by atoms with Gasteiger partial charge in [-0.3, -0.25) is 0 Å². The molecule has 6 nitrogen and oxygen atoms in total. The van der Waals surface area contributed by atoms with E-state index in [1.165, 1.54) is 0 Å². The summed E-state index contributed by atoms with van der Waals surface area (Å²) in [6, 6.07) is 10.7. The number of halogens is 1. The van der Waals surface area contributed by atoms with E-state index in [4.69, 9.17) is 12.6 Å². The van der Waals surface area contributed by atoms with E-state index in [0.29, 0.717) is 12.4 Å². The molecule has 0 amide bonds. The first kappa shape index (κ1) is 16.6. The molecule has 0 atom stereocenters. The first-order valence-corrected chi connectivity index (χ1v) is 6.58. The lowest BCUT2D eigenvalue weighted by molar-refractivity contribution is 0.335. The summed E-state index contributed by atoms with van der Waals surface area (Å²) in [6.45, 7) is 0.616. The third-order valence-electron chi connectivity index (χ3n) is 2.37. The molecule has 7 heteroatoms. The molecule has 0 bridgehead atoms. The molecule has 0 radical (unpaired) electrons. The van der Waals surface area contributed by atoms with E-state index in [2.05, 4.69) is 10.2 Å². The van der Waals surface area contributed by atoms with Crippen LogP contribution in [-0.4, -0.2) is 18.8 Å². The number of hydrogen-bond donors (Lipinski definition) is 1. The fourth-order valence-corrected chi connectivity index (χ4v) is 1.75. The van der Waals surface area contributed by atoms with E-state index in [9.17, 15) is 4.91 Å². The molecule has 20 heavy (non-hydrogen) atoms. The molecule has 0 saturated heterocycles. The van der Waals surface area contributed by atoms with Crippen LogP contribution in [0.1, 0.15) is 5.76 Å². The number of furan rings is 1. The Labute approximate surface area is 130 Å². The molecule has 1 aromatic carbocycles. The van der Waals surface area contributed by atoms with Gasteiger partial charge in [-0.2, -0.15) is 0 Å². The summed E-state index contributed by atoms with van der Waals surface area (Å²) in [5, 5.41) is 9.36. The molecule has 108 valence electrons. The normalized spacial score (nSPS) is 9.55. The lowest BCUT2D eigenvalue weighted by Gasteiger charge is -1.99. The molecule has 1 N–H and O–H groups in total. The number of aliphatic hydroxyl groups is 1. The third-order valence-corrected chi connectivity index (χ3v) is 2.81. The van der Waals surface area contributed by atoms with Gasteiger partial charge in [0.2, 0.25) is 0 Å². The van der Waals surface area contributed by atoms with Gasteiger partial charge in [0.25, 0.3) is 0 Å². The van der Waals surface area contributed by atoms with Crippen molar-refractivity contribution >= 4 is 23.0 Å². The van der Waals surface area contributed by atoms with Gasteiger partial charge >= 0.3 is 0 Å². The van der Waals surface area contributed by atoms with Crippen LogP contribution in [0.25, 0.3) is 11.3 Å². The number of rotatable bonds is 6. The van der Waals surface area contributed by atoms with Crippen molar-refractivity contribution in [3.63, 3.8) is 0 Å². The second-order valence-electron chi connectivity index (χ2n) is 3.52. The van der Waals surface area contributed by atoms with E-state index in [1.54, 1.807) is 24.3 Å². The quantitative estimate of drug-likeness (QED) is 0.463. The van der Waals surface area contributed by atoms with E-state index >= 15 is 0 Å². The lowest BCUT2D eigenvalue weighted by Crippen LogP contribution is -1.88. The number of nitrogens with zero attached hydrogens (tertiary/aromatic N) is 1. The Balaban J connectivity index is 0.000000956. The van der Waals surface area contributed by atoms with Gasteiger partial charge in [-0.15, -0.1) is 4.91 Å². The highest BCUT2D eigenvalue weighted by atomic mass is 127. The lowest BCUT2D eigenvalue weighted by atomic mass is 10.2. The molecule has 0 unspecified atom stereocenters. The van der Waals surface area contributed by atoms with Gasteiger partial charge in [-0.25, -0.2) is 0 Å². The topological polar surface area (TPSA) is 81.3 Å². The monoisotopic (exact) mass is 391 g/mol. The highest BCUT2D eigenvalue weighted by Crippen LogP contribution is 2.24. The van der Waals surface area contributed by atoms with Crippen LogP contribution in [0, 0.1) is 4.91 Å². The molecular weight excluding hydrogens is 377 g/mol. The number of aliphatic hydroxyl groups excluding tert-OH is 1. The predicted octanol–water partition coefficient (Wildman–Crippen LogP) is 3.52. The van der Waals surface area contributed by atoms with E-state index in [0.717, 1.165) is 30.6 Å². The molecule has 0 spiro atoms. The van der Waals surface area contributed by atoms with E-state index in [-0.39, 0.29) is 0 Å². The Morgan fingerprint density at radius 1 is 1.20 bits per heavy atom. The van der Waals surface area contributed by atoms with Gasteiger partial charge in [-0.05, 0) is 36.4 Å². The van der Waals surface area contributed by atoms with Gasteiger partial charge in [0.05, 0.1) is 6.61 Å². The summed E-state index contributed by atoms with van der Waals surface area (Å²) in [4.78, 5) is 14.4. The summed E-state index contributed by atoms with van der Waals surface area (Å²) >= 11 is 1.85. The highest BCUT2D eigenvalue weighted by Gasteiger charge is 2.05. The zero-order chi connectivity index (χ0) is 14.8. The second-order valence-corrected chi connectivity index (χ2v) is 4.14. The SMILES string of the molecule is CO.O=NOc1ccc(-c2ccc(CCOI)o2)cc1. The summed E-state index contributed by atoms with van der Waals surface area (Å²) in [7, 11) is 1.00. The molecule has 1 heterocycles. The first-order valence-electron chi connectivity index (χ1n) is 5.70. The second kappa shape index (κ2) is 9.45. The zero-order valence-electron chi connectivity index (χ0n) is 10.8. The minimum absolute atomic E-state index is 0.402. The molecule has 0 fully saturated rings. The molecule has 0 aliphatic carbocycles. The third kappa shape index (κ3) is 4.91. The maximum absolute atomic E-state index is 9.93. The van der Waals surface area contributed by atoms with Gasteiger partial charge < -0.3 is 17.4 Å². The number of hydrogen-bond acceptors (Lipinski definition) is 6. The Kier molecular flexibility index (Phi) is 7.85. The Bertz CT molecular complexity index is 512. The minimum Gasteiger partial charge on any atom is -0.461 e. The van der Waals surface area contributed by atoms with Crippen LogP contribution in [0.3, 0.4) is 0 Å². The maximum atomic E-state index is 9.93. The maximum Gasteiger partial charge on any atom is 0.161 e. The van der Waals surface area contributed by atoms with E-state index in [1.807, 2.05) is 35.1 Å². The molecule has 0 aliphatic heterocycles. The molecule has 2 aromatic rings. The van der Waals surface area contributed by atoms with Crippen molar-refractivity contribution in [1.29, 1.82) is 0 Å². The van der Waals surface area contributed by atoms with Gasteiger partial charge in [0.15, 0.2) is 11.1 Å². The van der Waals surface area contributed by atoms with Crippen molar-refractivity contribution in [1.82, 2.24) is 0 Å². The minimum atomic E-state index is 0.402. The molecule has 1 aromatic heterocycles. The summed E-state index contributed by atoms with van der Waals surface area (Å²) in [5.41, 5.74) is 0.912. The van der Waals surface area contributed by atoms with Crippen molar-refractivity contribution in [3.05, 3.63) is 47.1 Å². The van der Waals surface area contributed by atoms with Crippen LogP contribution in [0.5, 0.6) is 5.75 Å². The average Bonchev–Trinajstić information content (AvgIpc) is 2.97. The van der Waals surface area contributed by atoms with Crippen LogP contribution in [-0.2, 0) is 9.49 Å². The van der Waals surface area contributed by atoms with Gasteiger partial charge in [0, 0.05) is 19.1 Å². The van der Waals surface area contributed by atoms with Crippen LogP contribution in [0.2, 0.25) is 0 Å². The number of benzene rings is 1. The Hall–Kier alpha value is -1.45. The van der Waals surface area contributed by atoms with Crippen LogP contribution < -0.4 is 4.84 Å². The summed E-state index contributed by atoms with van der Waals surface area (Å²) in [5.74, 6) is 2.04. The van der Waals surface area contributed by atoms with Crippen LogP contribution >= 0.6 is 23.0 Å². The van der Waals surface area contributed by atoms with Crippen molar-refractivity contribution in [3.8, 4) is 17.1 Å². The average molecular weight is 391 g/mol. The van der Waals surface area contributed by atoms with Crippen molar-refractivity contribution in [2.24, 2.45) is 5.34 Å². The van der Waals surface area contributed by atoms with E-state index < -0.39 is 0 Å². The van der Waals surface area contributed by atoms with Gasteiger partial charge in [0.1, 0.15) is 34.5 Å². The summed E-state index contributed by atoms with van der Waals surface area (Å²) < 4.78 is 10.6. The first-order chi connectivity index (χ1) is 9.83. The fraction of sp³-hybridized carbons (Fsp3) is 0.231. The fourth-order valence-electron chi connectivity index (χ4n) is 1.53. The van der Waals surface area contributed by atoms with Crippen molar-refractivity contribution in [2.75, 3.05) is 13.7 Å². The van der Waals surface area contributed by atoms with Crippen LogP contribution in [0.15, 0.2) is 46.2 Å².